The zero-order valence-electron chi connectivity index (χ0n) is 16.3. The number of carbonyl (C=O) groups excluding carboxylic acids is 1. The largest absolute Gasteiger partial charge is 0.427 e. The van der Waals surface area contributed by atoms with Crippen LogP contribution in [0, 0.1) is 0 Å². The molecule has 31 heavy (non-hydrogen) atoms. The van der Waals surface area contributed by atoms with E-state index in [-0.39, 0.29) is 17.3 Å². The predicted molar refractivity (Wildman–Crippen MR) is 105 cm³/mol. The van der Waals surface area contributed by atoms with Crippen LogP contribution in [0.5, 0.6) is 0 Å². The van der Waals surface area contributed by atoms with E-state index < -0.39 is 25.3 Å². The summed E-state index contributed by atoms with van der Waals surface area (Å²) in [4.78, 5) is 14.9. The van der Waals surface area contributed by atoms with Gasteiger partial charge in [-0.25, -0.2) is 8.78 Å². The maximum atomic E-state index is 13.5. The summed E-state index contributed by atoms with van der Waals surface area (Å²) >= 11 is 0. The maximum absolute atomic E-state index is 13.5. The van der Waals surface area contributed by atoms with Crippen molar-refractivity contribution in [1.29, 1.82) is 0 Å². The van der Waals surface area contributed by atoms with Crippen LogP contribution >= 0.6 is 0 Å². The Balaban J connectivity index is 1.63. The van der Waals surface area contributed by atoms with E-state index in [0.717, 1.165) is 0 Å². The minimum atomic E-state index is -4.74. The van der Waals surface area contributed by atoms with Gasteiger partial charge < -0.3 is 19.9 Å². The van der Waals surface area contributed by atoms with Crippen LogP contribution < -0.4 is 10.2 Å². The molecule has 166 valence electrons. The van der Waals surface area contributed by atoms with Crippen LogP contribution in [0.1, 0.15) is 10.4 Å². The minimum Gasteiger partial charge on any atom is -0.378 e. The van der Waals surface area contributed by atoms with Crippen molar-refractivity contribution in [2.45, 2.75) is 18.8 Å². The average molecular weight is 441 g/mol. The van der Waals surface area contributed by atoms with E-state index in [0.29, 0.717) is 47.9 Å². The van der Waals surface area contributed by atoms with Crippen LogP contribution in [0.15, 0.2) is 42.5 Å². The summed E-state index contributed by atoms with van der Waals surface area (Å²) in [5, 5.41) is 2.36. The summed E-state index contributed by atoms with van der Waals surface area (Å²) < 4.78 is 71.6. The molecule has 0 spiro atoms. The molecule has 0 saturated carbocycles. The van der Waals surface area contributed by atoms with Crippen molar-refractivity contribution in [3.63, 3.8) is 0 Å². The van der Waals surface area contributed by atoms with Crippen molar-refractivity contribution in [3.05, 3.63) is 48.0 Å². The highest BCUT2D eigenvalue weighted by Gasteiger charge is 2.49. The molecule has 2 heterocycles. The molecule has 1 saturated heterocycles. The van der Waals surface area contributed by atoms with Gasteiger partial charge in [0.15, 0.2) is 6.17 Å². The van der Waals surface area contributed by atoms with Crippen LogP contribution in [0.25, 0.3) is 11.1 Å². The average Bonchev–Trinajstić information content (AvgIpc) is 3.12. The van der Waals surface area contributed by atoms with E-state index in [1.807, 2.05) is 0 Å². The molecular formula is C21H20F5N3O2. The Bertz CT molecular complexity index is 943. The van der Waals surface area contributed by atoms with E-state index in [9.17, 15) is 26.7 Å². The Hall–Kier alpha value is -2.88. The first kappa shape index (κ1) is 21.4. The second-order valence-electron chi connectivity index (χ2n) is 7.31. The molecule has 0 radical (unpaired) electrons. The molecule has 1 N–H and O–H groups in total. The number of carbonyl (C=O) groups is 1. The van der Waals surface area contributed by atoms with Gasteiger partial charge >= 0.3 is 6.18 Å². The van der Waals surface area contributed by atoms with Gasteiger partial charge in [-0.3, -0.25) is 4.79 Å². The number of amides is 1. The van der Waals surface area contributed by atoms with Gasteiger partial charge in [-0.2, -0.15) is 13.2 Å². The molecule has 5 nitrogen and oxygen atoms in total. The SMILES string of the molecule is O=C(c1ccc(-c2cccc3c2NC(C(F)(F)F)N3CC(F)F)cc1)N1CCOCC1. The fourth-order valence-electron chi connectivity index (χ4n) is 3.88. The maximum Gasteiger partial charge on any atom is 0.427 e. The number of ether oxygens (including phenoxy) is 1. The lowest BCUT2D eigenvalue weighted by Gasteiger charge is -2.27. The molecule has 4 rings (SSSR count). The van der Waals surface area contributed by atoms with E-state index in [2.05, 4.69) is 5.32 Å². The summed E-state index contributed by atoms with van der Waals surface area (Å²) in [6.45, 7) is 0.897. The second-order valence-corrected chi connectivity index (χ2v) is 7.31. The lowest BCUT2D eigenvalue weighted by atomic mass is 10.0. The van der Waals surface area contributed by atoms with Crippen LogP contribution in [-0.4, -0.2) is 62.4 Å². The van der Waals surface area contributed by atoms with Gasteiger partial charge in [-0.05, 0) is 23.8 Å². The number of alkyl halides is 5. The zero-order valence-corrected chi connectivity index (χ0v) is 16.3. The fraction of sp³-hybridized carbons (Fsp3) is 0.381. The third kappa shape index (κ3) is 4.30. The summed E-state index contributed by atoms with van der Waals surface area (Å²) in [7, 11) is 0. The number of halogens is 5. The highest BCUT2D eigenvalue weighted by molar-refractivity contribution is 5.96. The molecule has 2 aliphatic rings. The molecule has 1 atom stereocenters. The van der Waals surface area contributed by atoms with Gasteiger partial charge in [0.05, 0.1) is 31.1 Å². The summed E-state index contributed by atoms with van der Waals surface area (Å²) in [6.07, 6.45) is -9.90. The third-order valence-corrected chi connectivity index (χ3v) is 5.33. The van der Waals surface area contributed by atoms with Crippen molar-refractivity contribution in [2.75, 3.05) is 43.1 Å². The van der Waals surface area contributed by atoms with Gasteiger partial charge in [0.2, 0.25) is 0 Å². The van der Waals surface area contributed by atoms with Gasteiger partial charge in [0.1, 0.15) is 0 Å². The number of nitrogens with one attached hydrogen (secondary N) is 1. The molecule has 1 unspecified atom stereocenters. The lowest BCUT2D eigenvalue weighted by Crippen LogP contribution is -2.48. The van der Waals surface area contributed by atoms with Crippen LogP contribution in [0.3, 0.4) is 0 Å². The number of para-hydroxylation sites is 1. The number of hydrogen-bond acceptors (Lipinski definition) is 4. The number of fused-ring (bicyclic) bond motifs is 1. The molecule has 10 heteroatoms. The molecular weight excluding hydrogens is 421 g/mol. The topological polar surface area (TPSA) is 44.8 Å². The molecule has 2 aromatic rings. The molecule has 2 aliphatic heterocycles. The first-order chi connectivity index (χ1) is 14.8. The van der Waals surface area contributed by atoms with Crippen molar-refractivity contribution < 1.29 is 31.5 Å². The third-order valence-electron chi connectivity index (χ3n) is 5.33. The van der Waals surface area contributed by atoms with Crippen molar-refractivity contribution in [1.82, 2.24) is 4.90 Å². The Labute approximate surface area is 175 Å². The van der Waals surface area contributed by atoms with Crippen molar-refractivity contribution in [3.8, 4) is 11.1 Å². The number of morpholine rings is 1. The smallest absolute Gasteiger partial charge is 0.378 e. The van der Waals surface area contributed by atoms with Gasteiger partial charge in [-0.15, -0.1) is 0 Å². The standard InChI is InChI=1S/C21H20F5N3O2/c22-17(23)12-29-16-3-1-2-15(18(16)27-20(29)21(24,25)26)13-4-6-14(7-5-13)19(30)28-8-10-31-11-9-28/h1-7,17,20,27H,8-12H2. The van der Waals surface area contributed by atoms with Gasteiger partial charge in [-0.1, -0.05) is 24.3 Å². The number of benzene rings is 2. The zero-order chi connectivity index (χ0) is 22.2. The Kier molecular flexibility index (Phi) is 5.74. The number of nitrogens with zero attached hydrogens (tertiary/aromatic N) is 2. The van der Waals surface area contributed by atoms with Gasteiger partial charge in [0, 0.05) is 24.2 Å². The fourth-order valence-corrected chi connectivity index (χ4v) is 3.88. The van der Waals surface area contributed by atoms with Crippen LogP contribution in [0.2, 0.25) is 0 Å². The highest BCUT2D eigenvalue weighted by atomic mass is 19.4. The first-order valence-electron chi connectivity index (χ1n) is 9.74. The van der Waals surface area contributed by atoms with E-state index >= 15 is 0 Å². The van der Waals surface area contributed by atoms with Crippen molar-refractivity contribution in [2.24, 2.45) is 0 Å². The summed E-state index contributed by atoms with van der Waals surface area (Å²) in [5.74, 6) is -0.147. The van der Waals surface area contributed by atoms with E-state index in [1.165, 1.54) is 12.1 Å². The van der Waals surface area contributed by atoms with Crippen LogP contribution in [-0.2, 0) is 4.74 Å². The summed E-state index contributed by atoms with van der Waals surface area (Å²) in [6, 6.07) is 11.0. The highest BCUT2D eigenvalue weighted by Crippen LogP contribution is 2.45. The first-order valence-corrected chi connectivity index (χ1v) is 9.74. The molecule has 1 fully saturated rings. The van der Waals surface area contributed by atoms with Crippen molar-refractivity contribution >= 4 is 17.3 Å². The monoisotopic (exact) mass is 441 g/mol. The molecule has 0 bridgehead atoms. The predicted octanol–water partition coefficient (Wildman–Crippen LogP) is 4.21. The Morgan fingerprint density at radius 1 is 1.10 bits per heavy atom. The Morgan fingerprint density at radius 2 is 1.77 bits per heavy atom. The number of anilines is 2. The number of rotatable bonds is 4. The quantitative estimate of drug-likeness (QED) is 0.723. The second kappa shape index (κ2) is 8.33. The number of hydrogen-bond donors (Lipinski definition) is 1. The molecule has 0 aromatic heterocycles. The van der Waals surface area contributed by atoms with Crippen LogP contribution in [0.4, 0.5) is 33.3 Å². The molecule has 0 aliphatic carbocycles. The molecule has 2 aromatic carbocycles. The minimum absolute atomic E-state index is 0.0635. The van der Waals surface area contributed by atoms with Gasteiger partial charge in [0.25, 0.3) is 12.3 Å². The lowest BCUT2D eigenvalue weighted by molar-refractivity contribution is -0.142. The Morgan fingerprint density at radius 3 is 2.39 bits per heavy atom. The van der Waals surface area contributed by atoms with E-state index in [1.54, 1.807) is 35.2 Å². The van der Waals surface area contributed by atoms with E-state index in [4.69, 9.17) is 4.74 Å². The normalized spacial score (nSPS) is 18.8. The summed E-state index contributed by atoms with van der Waals surface area (Å²) in [5.41, 5.74) is 1.67. The molecule has 1 amide bonds.